The maximum absolute atomic E-state index is 6.46. The molecule has 2 aromatic heterocycles. The number of ether oxygens (including phenoxy) is 2. The molecule has 1 aliphatic carbocycles. The molecular weight excluding hydrogens is 446 g/mol. The molecule has 0 radical (unpaired) electrons. The minimum absolute atomic E-state index is 0.133. The maximum atomic E-state index is 6.46. The number of hydrogen-bond donors (Lipinski definition) is 1. The van der Waals surface area contributed by atoms with Gasteiger partial charge in [-0.2, -0.15) is 4.98 Å². The minimum atomic E-state index is 0.133. The van der Waals surface area contributed by atoms with Gasteiger partial charge >= 0.3 is 0 Å². The molecule has 1 aliphatic heterocycles. The molecule has 0 aromatic carbocycles. The SMILES string of the molecule is CN=C/C(=C\N)C1CCC(Oc2nc(N3CCOCC3)cc3ncc(Br)cc23)CC1. The summed E-state index contributed by atoms with van der Waals surface area (Å²) in [5.41, 5.74) is 7.80. The van der Waals surface area contributed by atoms with Gasteiger partial charge in [0.2, 0.25) is 5.88 Å². The number of hydrogen-bond acceptors (Lipinski definition) is 7. The van der Waals surface area contributed by atoms with Crippen LogP contribution in [0.4, 0.5) is 5.82 Å². The van der Waals surface area contributed by atoms with Gasteiger partial charge in [0.25, 0.3) is 0 Å². The first-order valence-electron chi connectivity index (χ1n) is 10.5. The van der Waals surface area contributed by atoms with Crippen LogP contribution in [-0.4, -0.2) is 55.6 Å². The number of aliphatic imine (C=N–C) groups is 1. The smallest absolute Gasteiger partial charge is 0.225 e. The van der Waals surface area contributed by atoms with Crippen molar-refractivity contribution in [2.24, 2.45) is 16.6 Å². The molecule has 1 saturated heterocycles. The summed E-state index contributed by atoms with van der Waals surface area (Å²) in [6, 6.07) is 4.08. The highest BCUT2D eigenvalue weighted by Gasteiger charge is 2.26. The third-order valence-corrected chi connectivity index (χ3v) is 6.26. The molecule has 0 spiro atoms. The Hall–Kier alpha value is -2.19. The molecule has 160 valence electrons. The highest BCUT2D eigenvalue weighted by atomic mass is 79.9. The van der Waals surface area contributed by atoms with E-state index in [4.69, 9.17) is 20.2 Å². The molecule has 3 heterocycles. The molecule has 1 saturated carbocycles. The average Bonchev–Trinajstić information content (AvgIpc) is 2.79. The first kappa shape index (κ1) is 21.1. The number of rotatable bonds is 5. The molecule has 0 atom stereocenters. The summed E-state index contributed by atoms with van der Waals surface area (Å²) >= 11 is 3.53. The number of halogens is 1. The number of nitrogens with two attached hydrogens (primary N) is 1. The minimum Gasteiger partial charge on any atom is -0.474 e. The van der Waals surface area contributed by atoms with Gasteiger partial charge in [-0.25, -0.2) is 0 Å². The lowest BCUT2D eigenvalue weighted by Gasteiger charge is -2.31. The van der Waals surface area contributed by atoms with Gasteiger partial charge in [0, 0.05) is 43.1 Å². The van der Waals surface area contributed by atoms with E-state index in [9.17, 15) is 0 Å². The highest BCUT2D eigenvalue weighted by Crippen LogP contribution is 2.34. The summed E-state index contributed by atoms with van der Waals surface area (Å²) in [6.07, 6.45) is 9.49. The average molecular weight is 474 g/mol. The quantitative estimate of drug-likeness (QED) is 0.666. The van der Waals surface area contributed by atoms with Crippen LogP contribution in [0.5, 0.6) is 5.88 Å². The van der Waals surface area contributed by atoms with E-state index in [-0.39, 0.29) is 6.10 Å². The summed E-state index contributed by atoms with van der Waals surface area (Å²) in [4.78, 5) is 15.9. The molecular formula is C22H28BrN5O2. The summed E-state index contributed by atoms with van der Waals surface area (Å²) in [5, 5.41) is 0.934. The van der Waals surface area contributed by atoms with E-state index in [2.05, 4.69) is 30.8 Å². The first-order chi connectivity index (χ1) is 14.7. The van der Waals surface area contributed by atoms with Crippen molar-refractivity contribution >= 4 is 38.9 Å². The van der Waals surface area contributed by atoms with Crippen molar-refractivity contribution in [3.8, 4) is 5.88 Å². The Morgan fingerprint density at radius 1 is 1.27 bits per heavy atom. The van der Waals surface area contributed by atoms with Crippen molar-refractivity contribution in [3.05, 3.63) is 34.6 Å². The molecule has 30 heavy (non-hydrogen) atoms. The van der Waals surface area contributed by atoms with Gasteiger partial charge in [-0.05, 0) is 65.4 Å². The Morgan fingerprint density at radius 2 is 2.03 bits per heavy atom. The standard InChI is InChI=1S/C22H28BrN5O2/c1-25-13-16(12-24)15-2-4-18(5-3-15)30-22-19-10-17(23)14-26-20(19)11-21(27-22)28-6-8-29-9-7-28/h10-15,18H,2-9,24H2,1H3/b16-12+,25-13?. The summed E-state index contributed by atoms with van der Waals surface area (Å²) in [6.45, 7) is 3.08. The molecule has 0 unspecified atom stereocenters. The lowest BCUT2D eigenvalue weighted by molar-refractivity contribution is 0.121. The number of allylic oxidation sites excluding steroid dienone is 1. The van der Waals surface area contributed by atoms with E-state index in [1.807, 2.05) is 24.5 Å². The monoisotopic (exact) mass is 473 g/mol. The van der Waals surface area contributed by atoms with E-state index in [0.717, 1.165) is 65.5 Å². The fourth-order valence-electron chi connectivity index (χ4n) is 4.20. The fourth-order valence-corrected chi connectivity index (χ4v) is 4.54. The zero-order valence-corrected chi connectivity index (χ0v) is 18.8. The van der Waals surface area contributed by atoms with Crippen LogP contribution in [0.25, 0.3) is 10.9 Å². The second-order valence-electron chi connectivity index (χ2n) is 7.75. The summed E-state index contributed by atoms with van der Waals surface area (Å²) in [5.74, 6) is 2.01. The van der Waals surface area contributed by atoms with Gasteiger partial charge in [-0.1, -0.05) is 0 Å². The van der Waals surface area contributed by atoms with E-state index in [1.54, 1.807) is 13.2 Å². The third kappa shape index (κ3) is 4.75. The Balaban J connectivity index is 1.55. The van der Waals surface area contributed by atoms with Gasteiger partial charge in [-0.3, -0.25) is 9.98 Å². The second-order valence-corrected chi connectivity index (χ2v) is 8.67. The van der Waals surface area contributed by atoms with Crippen LogP contribution in [0, 0.1) is 5.92 Å². The molecule has 0 bridgehead atoms. The Bertz CT molecular complexity index is 935. The molecule has 7 nitrogen and oxygen atoms in total. The maximum Gasteiger partial charge on any atom is 0.225 e. The Labute approximate surface area is 185 Å². The predicted octanol–water partition coefficient (Wildman–Crippen LogP) is 3.71. The molecule has 2 fully saturated rings. The molecule has 8 heteroatoms. The highest BCUT2D eigenvalue weighted by molar-refractivity contribution is 9.10. The molecule has 4 rings (SSSR count). The van der Waals surface area contributed by atoms with Crippen LogP contribution in [0.2, 0.25) is 0 Å². The van der Waals surface area contributed by atoms with Crippen LogP contribution in [-0.2, 0) is 4.74 Å². The third-order valence-electron chi connectivity index (χ3n) is 5.83. The first-order valence-corrected chi connectivity index (χ1v) is 11.3. The van der Waals surface area contributed by atoms with Gasteiger partial charge in [0.05, 0.1) is 24.1 Å². The lowest BCUT2D eigenvalue weighted by atomic mass is 9.83. The van der Waals surface area contributed by atoms with Crippen molar-refractivity contribution in [3.63, 3.8) is 0 Å². The molecule has 2 N–H and O–H groups in total. The number of anilines is 1. The molecule has 0 amide bonds. The number of fused-ring (bicyclic) bond motifs is 1. The van der Waals surface area contributed by atoms with Crippen LogP contribution in [0.3, 0.4) is 0 Å². The van der Waals surface area contributed by atoms with E-state index in [0.29, 0.717) is 25.0 Å². The molecule has 2 aliphatic rings. The molecule has 2 aromatic rings. The number of aromatic nitrogens is 2. The van der Waals surface area contributed by atoms with Gasteiger partial charge in [0.1, 0.15) is 11.9 Å². The predicted molar refractivity (Wildman–Crippen MR) is 123 cm³/mol. The number of nitrogens with zero attached hydrogens (tertiary/aromatic N) is 4. The van der Waals surface area contributed by atoms with Crippen LogP contribution >= 0.6 is 15.9 Å². The summed E-state index contributed by atoms with van der Waals surface area (Å²) < 4.78 is 12.9. The zero-order chi connectivity index (χ0) is 20.9. The Morgan fingerprint density at radius 3 is 2.73 bits per heavy atom. The van der Waals surface area contributed by atoms with Crippen LogP contribution in [0.15, 0.2) is 39.6 Å². The van der Waals surface area contributed by atoms with Crippen molar-refractivity contribution < 1.29 is 9.47 Å². The second kappa shape index (κ2) is 9.75. The van der Waals surface area contributed by atoms with Crippen LogP contribution < -0.4 is 15.4 Å². The Kier molecular flexibility index (Phi) is 6.84. The van der Waals surface area contributed by atoms with Gasteiger partial charge < -0.3 is 20.1 Å². The van der Waals surface area contributed by atoms with E-state index < -0.39 is 0 Å². The van der Waals surface area contributed by atoms with E-state index in [1.165, 1.54) is 0 Å². The normalized spacial score (nSPS) is 23.3. The summed E-state index contributed by atoms with van der Waals surface area (Å²) in [7, 11) is 1.78. The van der Waals surface area contributed by atoms with E-state index >= 15 is 0 Å². The van der Waals surface area contributed by atoms with Crippen molar-refractivity contribution in [1.29, 1.82) is 0 Å². The number of pyridine rings is 2. The van der Waals surface area contributed by atoms with Crippen molar-refractivity contribution in [2.75, 3.05) is 38.3 Å². The van der Waals surface area contributed by atoms with Crippen molar-refractivity contribution in [1.82, 2.24) is 9.97 Å². The lowest BCUT2D eigenvalue weighted by Crippen LogP contribution is -2.36. The number of morpholine rings is 1. The topological polar surface area (TPSA) is 85.9 Å². The fraction of sp³-hybridized carbons (Fsp3) is 0.500. The zero-order valence-electron chi connectivity index (χ0n) is 17.3. The van der Waals surface area contributed by atoms with Crippen LogP contribution in [0.1, 0.15) is 25.7 Å². The largest absolute Gasteiger partial charge is 0.474 e. The van der Waals surface area contributed by atoms with Gasteiger partial charge in [0.15, 0.2) is 0 Å². The van der Waals surface area contributed by atoms with Gasteiger partial charge in [-0.15, -0.1) is 0 Å². The van der Waals surface area contributed by atoms with Crippen molar-refractivity contribution in [2.45, 2.75) is 31.8 Å².